The standard InChI is InChI=1S/C27H43N3O2Si/c1-33(2,3)19-18-31-21-30-27(15-17-29-30)25-10-7-16-28-26(25)20-32-24-13-11-23(12-14-24)22-8-5-4-6-9-22/h4-6,8-9,15,17,23-26,28H,7,10-14,16,18-21H2,1-3H3/t23?,24?,25-,26?/m0/s1. The summed E-state index contributed by atoms with van der Waals surface area (Å²) >= 11 is 0. The van der Waals surface area contributed by atoms with Crippen molar-refractivity contribution in [1.82, 2.24) is 15.1 Å². The molecule has 182 valence electrons. The van der Waals surface area contributed by atoms with Gasteiger partial charge in [0.15, 0.2) is 0 Å². The summed E-state index contributed by atoms with van der Waals surface area (Å²) in [7, 11) is -1.07. The van der Waals surface area contributed by atoms with Crippen molar-refractivity contribution in [3.05, 3.63) is 53.9 Å². The van der Waals surface area contributed by atoms with Gasteiger partial charge in [0, 0.05) is 38.5 Å². The number of rotatable bonds is 10. The number of ether oxygens (including phenoxy) is 2. The number of hydrogen-bond donors (Lipinski definition) is 1. The fraction of sp³-hybridized carbons (Fsp3) is 0.667. The fourth-order valence-electron chi connectivity index (χ4n) is 5.30. The average Bonchev–Trinajstić information content (AvgIpc) is 3.29. The molecule has 2 fully saturated rings. The Hall–Kier alpha value is -1.47. The molecular formula is C27H43N3O2Si. The Bertz CT molecular complexity index is 827. The molecule has 2 aromatic rings. The molecule has 1 unspecified atom stereocenters. The lowest BCUT2D eigenvalue weighted by Crippen LogP contribution is -2.44. The lowest BCUT2D eigenvalue weighted by atomic mass is 9.82. The van der Waals surface area contributed by atoms with E-state index in [1.807, 2.05) is 6.20 Å². The highest BCUT2D eigenvalue weighted by Gasteiger charge is 2.31. The summed E-state index contributed by atoms with van der Waals surface area (Å²) in [6.07, 6.45) is 9.50. The summed E-state index contributed by atoms with van der Waals surface area (Å²) in [5, 5.41) is 8.33. The predicted octanol–water partition coefficient (Wildman–Crippen LogP) is 5.77. The quantitative estimate of drug-likeness (QED) is 0.354. The van der Waals surface area contributed by atoms with Gasteiger partial charge in [-0.05, 0) is 68.7 Å². The minimum Gasteiger partial charge on any atom is -0.377 e. The molecule has 4 rings (SSSR count). The molecule has 1 aromatic carbocycles. The van der Waals surface area contributed by atoms with Gasteiger partial charge in [0.2, 0.25) is 0 Å². The van der Waals surface area contributed by atoms with Gasteiger partial charge >= 0.3 is 0 Å². The molecule has 0 amide bonds. The highest BCUT2D eigenvalue weighted by atomic mass is 28.3. The zero-order chi connectivity index (χ0) is 23.1. The highest BCUT2D eigenvalue weighted by Crippen LogP contribution is 2.35. The van der Waals surface area contributed by atoms with Crippen LogP contribution in [0.15, 0.2) is 42.6 Å². The van der Waals surface area contributed by atoms with Crippen LogP contribution in [0.4, 0.5) is 0 Å². The summed E-state index contributed by atoms with van der Waals surface area (Å²) in [5.74, 6) is 1.13. The summed E-state index contributed by atoms with van der Waals surface area (Å²) in [6, 6.07) is 14.7. The number of piperidine rings is 1. The zero-order valence-corrected chi connectivity index (χ0v) is 21.8. The van der Waals surface area contributed by atoms with E-state index in [0.29, 0.717) is 30.7 Å². The maximum atomic E-state index is 6.49. The number of benzene rings is 1. The molecule has 1 aliphatic heterocycles. The number of nitrogens with one attached hydrogen (secondary N) is 1. The van der Waals surface area contributed by atoms with Crippen LogP contribution in [0, 0.1) is 0 Å². The van der Waals surface area contributed by atoms with Crippen LogP contribution in [0.1, 0.15) is 61.6 Å². The fourth-order valence-corrected chi connectivity index (χ4v) is 6.06. The topological polar surface area (TPSA) is 48.3 Å². The lowest BCUT2D eigenvalue weighted by Gasteiger charge is -2.35. The largest absolute Gasteiger partial charge is 0.377 e. The van der Waals surface area contributed by atoms with Crippen LogP contribution in [0.3, 0.4) is 0 Å². The summed E-state index contributed by atoms with van der Waals surface area (Å²) in [5.41, 5.74) is 2.78. The monoisotopic (exact) mass is 469 g/mol. The van der Waals surface area contributed by atoms with Crippen LogP contribution >= 0.6 is 0 Å². The molecule has 2 aliphatic rings. The molecule has 1 aliphatic carbocycles. The van der Waals surface area contributed by atoms with Gasteiger partial charge in [-0.3, -0.25) is 0 Å². The molecule has 0 spiro atoms. The predicted molar refractivity (Wildman–Crippen MR) is 137 cm³/mol. The van der Waals surface area contributed by atoms with Gasteiger partial charge in [-0.1, -0.05) is 50.0 Å². The molecule has 2 atom stereocenters. The second-order valence-corrected chi connectivity index (χ2v) is 16.8. The Morgan fingerprint density at radius 2 is 1.82 bits per heavy atom. The molecule has 0 bridgehead atoms. The Balaban J connectivity index is 1.27. The third-order valence-corrected chi connectivity index (χ3v) is 9.08. The maximum absolute atomic E-state index is 6.49. The first-order valence-electron chi connectivity index (χ1n) is 13.0. The van der Waals surface area contributed by atoms with Gasteiger partial charge in [-0.15, -0.1) is 0 Å². The first-order chi connectivity index (χ1) is 16.0. The average molecular weight is 470 g/mol. The van der Waals surface area contributed by atoms with E-state index in [1.54, 1.807) is 0 Å². The molecule has 2 heterocycles. The molecule has 33 heavy (non-hydrogen) atoms. The Morgan fingerprint density at radius 3 is 2.58 bits per heavy atom. The van der Waals surface area contributed by atoms with Crippen LogP contribution in [0.5, 0.6) is 0 Å². The number of nitrogens with zero attached hydrogens (tertiary/aromatic N) is 2. The van der Waals surface area contributed by atoms with Crippen molar-refractivity contribution in [2.24, 2.45) is 0 Å². The van der Waals surface area contributed by atoms with Crippen LogP contribution in [-0.4, -0.2) is 49.8 Å². The minimum absolute atomic E-state index is 0.350. The summed E-state index contributed by atoms with van der Waals surface area (Å²) < 4.78 is 14.6. The molecule has 1 saturated heterocycles. The number of aromatic nitrogens is 2. The van der Waals surface area contributed by atoms with E-state index >= 15 is 0 Å². The minimum atomic E-state index is -1.07. The third-order valence-electron chi connectivity index (χ3n) is 7.38. The van der Waals surface area contributed by atoms with Crippen molar-refractivity contribution in [1.29, 1.82) is 0 Å². The van der Waals surface area contributed by atoms with E-state index in [0.717, 1.165) is 19.8 Å². The van der Waals surface area contributed by atoms with Crippen molar-refractivity contribution in [2.45, 2.75) is 94.9 Å². The van der Waals surface area contributed by atoms with Crippen molar-refractivity contribution in [2.75, 3.05) is 19.8 Å². The lowest BCUT2D eigenvalue weighted by molar-refractivity contribution is 0.00439. The van der Waals surface area contributed by atoms with Gasteiger partial charge in [-0.2, -0.15) is 5.10 Å². The smallest absolute Gasteiger partial charge is 0.139 e. The molecule has 1 aromatic heterocycles. The first-order valence-corrected chi connectivity index (χ1v) is 16.7. The molecular weight excluding hydrogens is 426 g/mol. The molecule has 0 radical (unpaired) electrons. The van der Waals surface area contributed by atoms with Gasteiger partial charge in [0.1, 0.15) is 6.73 Å². The SMILES string of the molecule is C[Si](C)(C)CCOCn1nccc1[C@H]1CCCNC1COC1CCC(c2ccccc2)CC1. The molecule has 5 nitrogen and oxygen atoms in total. The highest BCUT2D eigenvalue weighted by molar-refractivity contribution is 6.76. The van der Waals surface area contributed by atoms with Crippen molar-refractivity contribution in [3.8, 4) is 0 Å². The van der Waals surface area contributed by atoms with Crippen molar-refractivity contribution < 1.29 is 9.47 Å². The third kappa shape index (κ3) is 7.25. The van der Waals surface area contributed by atoms with Crippen LogP contribution in [0.2, 0.25) is 25.7 Å². The summed E-state index contributed by atoms with van der Waals surface area (Å²) in [6.45, 7) is 10.4. The van der Waals surface area contributed by atoms with Gasteiger partial charge < -0.3 is 14.8 Å². The van der Waals surface area contributed by atoms with E-state index < -0.39 is 8.07 Å². The van der Waals surface area contributed by atoms with Crippen LogP contribution in [0.25, 0.3) is 0 Å². The molecule has 1 saturated carbocycles. The first kappa shape index (κ1) is 24.6. The van der Waals surface area contributed by atoms with Crippen LogP contribution in [-0.2, 0) is 16.2 Å². The zero-order valence-electron chi connectivity index (χ0n) is 20.8. The van der Waals surface area contributed by atoms with Gasteiger partial charge in [-0.25, -0.2) is 4.68 Å². The molecule has 1 N–H and O–H groups in total. The maximum Gasteiger partial charge on any atom is 0.139 e. The van der Waals surface area contributed by atoms with Crippen molar-refractivity contribution in [3.63, 3.8) is 0 Å². The van der Waals surface area contributed by atoms with E-state index in [4.69, 9.17) is 9.47 Å². The number of hydrogen-bond acceptors (Lipinski definition) is 4. The second kappa shape index (κ2) is 11.8. The van der Waals surface area contributed by atoms with E-state index in [9.17, 15) is 0 Å². The normalized spacial score (nSPS) is 26.4. The van der Waals surface area contributed by atoms with Crippen molar-refractivity contribution >= 4 is 8.07 Å². The second-order valence-electron chi connectivity index (χ2n) is 11.1. The van der Waals surface area contributed by atoms with Gasteiger partial charge in [0.05, 0.1) is 12.7 Å². The van der Waals surface area contributed by atoms with E-state index in [1.165, 1.54) is 55.8 Å². The Labute approximate surface area is 201 Å². The summed E-state index contributed by atoms with van der Waals surface area (Å²) in [4.78, 5) is 0. The Kier molecular flexibility index (Phi) is 8.80. The van der Waals surface area contributed by atoms with Crippen LogP contribution < -0.4 is 5.32 Å². The molecule has 6 heteroatoms. The van der Waals surface area contributed by atoms with E-state index in [-0.39, 0.29) is 0 Å². The Morgan fingerprint density at radius 1 is 1.03 bits per heavy atom. The van der Waals surface area contributed by atoms with Gasteiger partial charge in [0.25, 0.3) is 0 Å². The van der Waals surface area contributed by atoms with E-state index in [2.05, 4.69) is 71.1 Å².